The Balaban J connectivity index is 2.33. The topological polar surface area (TPSA) is 146 Å². The average molecular weight is 432 g/mol. The summed E-state index contributed by atoms with van der Waals surface area (Å²) in [5, 5.41) is 11.3. The molecule has 0 unspecified atom stereocenters. The van der Waals surface area contributed by atoms with Gasteiger partial charge in [0.2, 0.25) is 0 Å². The summed E-state index contributed by atoms with van der Waals surface area (Å²) in [4.78, 5) is 22.3. The fraction of sp³-hybridized carbons (Fsp3) is 0.556. The van der Waals surface area contributed by atoms with Crippen molar-refractivity contribution in [3.05, 3.63) is 29.8 Å². The van der Waals surface area contributed by atoms with Gasteiger partial charge in [0.1, 0.15) is 18.4 Å². The third kappa shape index (κ3) is 10.3. The molecule has 1 aromatic rings. The maximum Gasteiger partial charge on any atom is 0.530 e. The van der Waals surface area contributed by atoms with Crippen molar-refractivity contribution in [1.82, 2.24) is 5.32 Å². The number of ether oxygens (including phenoxy) is 1. The molecule has 1 aromatic carbocycles. The zero-order chi connectivity index (χ0) is 21.7. The largest absolute Gasteiger partial charge is 0.530 e. The van der Waals surface area contributed by atoms with Gasteiger partial charge in [-0.15, -0.1) is 0 Å². The molecule has 0 fully saturated rings. The highest BCUT2D eigenvalue weighted by Gasteiger charge is 2.27. The Morgan fingerprint density at radius 3 is 2.31 bits per heavy atom. The molecule has 1 atom stereocenters. The number of amides is 1. The minimum Gasteiger partial charge on any atom is -0.480 e. The predicted molar refractivity (Wildman–Crippen MR) is 106 cm³/mol. The van der Waals surface area contributed by atoms with Crippen molar-refractivity contribution >= 4 is 19.9 Å². The van der Waals surface area contributed by atoms with Crippen LogP contribution >= 0.6 is 7.82 Å². The van der Waals surface area contributed by atoms with E-state index in [0.717, 1.165) is 0 Å². The summed E-state index contributed by atoms with van der Waals surface area (Å²) in [6.45, 7) is 4.15. The Labute approximate surface area is 170 Å². The summed E-state index contributed by atoms with van der Waals surface area (Å²) in [6, 6.07) is 5.60. The number of hydrogen-bond acceptors (Lipinski definition) is 8. The molecule has 0 radical (unpaired) electrons. The van der Waals surface area contributed by atoms with Gasteiger partial charge in [-0.05, 0) is 50.8 Å². The normalized spacial score (nSPS) is 12.2. The SMILES string of the molecule is CCOP(=O)(OCC)Oc1ccc(COC(=O)NCCCC[C@H](N)C(=O)O)cc1. The van der Waals surface area contributed by atoms with Crippen LogP contribution in [0.2, 0.25) is 0 Å². The number of alkyl carbamates (subject to hydrolysis) is 1. The number of carbonyl (C=O) groups excluding carboxylic acids is 1. The van der Waals surface area contributed by atoms with Gasteiger partial charge in [-0.2, -0.15) is 0 Å². The molecule has 29 heavy (non-hydrogen) atoms. The van der Waals surface area contributed by atoms with E-state index in [-0.39, 0.29) is 19.8 Å². The molecule has 0 aromatic heterocycles. The van der Waals surface area contributed by atoms with Crippen LogP contribution in [0.1, 0.15) is 38.7 Å². The lowest BCUT2D eigenvalue weighted by molar-refractivity contribution is -0.138. The number of phosphoric ester groups is 1. The van der Waals surface area contributed by atoms with Crippen LogP contribution in [0.4, 0.5) is 4.79 Å². The highest BCUT2D eigenvalue weighted by atomic mass is 31.2. The minimum atomic E-state index is -3.65. The van der Waals surface area contributed by atoms with Gasteiger partial charge >= 0.3 is 19.9 Å². The van der Waals surface area contributed by atoms with E-state index in [2.05, 4.69) is 5.32 Å². The van der Waals surface area contributed by atoms with Crippen molar-refractivity contribution in [2.24, 2.45) is 5.73 Å². The number of carbonyl (C=O) groups is 2. The van der Waals surface area contributed by atoms with Gasteiger partial charge in [0.25, 0.3) is 0 Å². The number of nitrogens with two attached hydrogens (primary N) is 1. The van der Waals surface area contributed by atoms with Crippen molar-refractivity contribution in [2.45, 2.75) is 45.8 Å². The molecular weight excluding hydrogens is 403 g/mol. The van der Waals surface area contributed by atoms with Crippen molar-refractivity contribution in [3.63, 3.8) is 0 Å². The Morgan fingerprint density at radius 1 is 1.14 bits per heavy atom. The molecule has 1 amide bonds. The molecule has 0 saturated heterocycles. The molecule has 164 valence electrons. The fourth-order valence-corrected chi connectivity index (χ4v) is 3.38. The molecule has 0 heterocycles. The second-order valence-electron chi connectivity index (χ2n) is 5.96. The number of phosphoric acid groups is 1. The molecule has 0 bridgehead atoms. The highest BCUT2D eigenvalue weighted by Crippen LogP contribution is 2.49. The molecule has 1 rings (SSSR count). The van der Waals surface area contributed by atoms with E-state index in [1.807, 2.05) is 0 Å². The van der Waals surface area contributed by atoms with Crippen LogP contribution in [0.5, 0.6) is 5.75 Å². The summed E-state index contributed by atoms with van der Waals surface area (Å²) in [5.74, 6) is -0.726. The maximum atomic E-state index is 12.3. The maximum absolute atomic E-state index is 12.3. The first-order chi connectivity index (χ1) is 13.8. The van der Waals surface area contributed by atoms with Crippen molar-refractivity contribution in [3.8, 4) is 5.75 Å². The summed E-state index contributed by atoms with van der Waals surface area (Å²) in [7, 11) is -3.65. The Kier molecular flexibility index (Phi) is 11.3. The third-order valence-electron chi connectivity index (χ3n) is 3.61. The van der Waals surface area contributed by atoms with Gasteiger partial charge in [0.15, 0.2) is 0 Å². The molecule has 0 aliphatic carbocycles. The van der Waals surface area contributed by atoms with Crippen molar-refractivity contribution in [2.75, 3.05) is 19.8 Å². The Hall–Kier alpha value is -2.13. The smallest absolute Gasteiger partial charge is 0.480 e. The average Bonchev–Trinajstić information content (AvgIpc) is 2.67. The number of nitrogens with one attached hydrogen (secondary N) is 1. The van der Waals surface area contributed by atoms with Gasteiger partial charge in [0.05, 0.1) is 13.2 Å². The number of unbranched alkanes of at least 4 members (excludes halogenated alkanes) is 1. The molecule has 0 saturated carbocycles. The Morgan fingerprint density at radius 2 is 1.76 bits per heavy atom. The van der Waals surface area contributed by atoms with Crippen LogP contribution in [0.15, 0.2) is 24.3 Å². The third-order valence-corrected chi connectivity index (χ3v) is 5.20. The molecule has 0 spiro atoms. The number of benzene rings is 1. The number of hydrogen-bond donors (Lipinski definition) is 3. The van der Waals surface area contributed by atoms with Crippen LogP contribution in [0.25, 0.3) is 0 Å². The second-order valence-corrected chi connectivity index (χ2v) is 7.55. The fourth-order valence-electron chi connectivity index (χ4n) is 2.18. The van der Waals surface area contributed by atoms with Crippen LogP contribution in [-0.4, -0.2) is 43.0 Å². The predicted octanol–water partition coefficient (Wildman–Crippen LogP) is 3.05. The molecule has 0 aliphatic rings. The molecule has 11 heteroatoms. The van der Waals surface area contributed by atoms with Gasteiger partial charge < -0.3 is 25.4 Å². The zero-order valence-electron chi connectivity index (χ0n) is 16.7. The molecular formula is C18H29N2O8P. The van der Waals surface area contributed by atoms with Gasteiger partial charge in [-0.3, -0.25) is 13.8 Å². The Bertz CT molecular complexity index is 673. The van der Waals surface area contributed by atoms with E-state index in [1.54, 1.807) is 38.1 Å². The molecule has 4 N–H and O–H groups in total. The number of carboxylic acid groups (broad SMARTS) is 1. The summed E-state index contributed by atoms with van der Waals surface area (Å²) < 4.78 is 32.9. The molecule has 10 nitrogen and oxygen atoms in total. The van der Waals surface area contributed by atoms with Gasteiger partial charge in [-0.1, -0.05) is 12.1 Å². The lowest BCUT2D eigenvalue weighted by Gasteiger charge is -2.17. The van der Waals surface area contributed by atoms with E-state index in [4.69, 9.17) is 29.1 Å². The quantitative estimate of drug-likeness (QED) is 0.298. The van der Waals surface area contributed by atoms with Crippen LogP contribution in [-0.2, 0) is 29.8 Å². The minimum absolute atomic E-state index is 0.0462. The number of aliphatic carboxylic acids is 1. The monoisotopic (exact) mass is 432 g/mol. The van der Waals surface area contributed by atoms with Crippen molar-refractivity contribution in [1.29, 1.82) is 0 Å². The van der Waals surface area contributed by atoms with E-state index in [0.29, 0.717) is 37.1 Å². The van der Waals surface area contributed by atoms with E-state index >= 15 is 0 Å². The van der Waals surface area contributed by atoms with E-state index in [9.17, 15) is 14.2 Å². The first-order valence-corrected chi connectivity index (χ1v) is 10.8. The van der Waals surface area contributed by atoms with E-state index in [1.165, 1.54) is 0 Å². The van der Waals surface area contributed by atoms with Crippen LogP contribution in [0, 0.1) is 0 Å². The van der Waals surface area contributed by atoms with Crippen LogP contribution in [0.3, 0.4) is 0 Å². The summed E-state index contributed by atoms with van der Waals surface area (Å²) in [5.41, 5.74) is 6.11. The first-order valence-electron chi connectivity index (χ1n) is 9.36. The lowest BCUT2D eigenvalue weighted by Crippen LogP contribution is -2.30. The second kappa shape index (κ2) is 13.2. The highest BCUT2D eigenvalue weighted by molar-refractivity contribution is 7.48. The van der Waals surface area contributed by atoms with Gasteiger partial charge in [-0.25, -0.2) is 9.36 Å². The molecule has 0 aliphatic heterocycles. The van der Waals surface area contributed by atoms with Crippen molar-refractivity contribution < 1.29 is 37.6 Å². The number of carboxylic acids is 1. The summed E-state index contributed by atoms with van der Waals surface area (Å²) >= 11 is 0. The van der Waals surface area contributed by atoms with Crippen LogP contribution < -0.4 is 15.6 Å². The van der Waals surface area contributed by atoms with E-state index < -0.39 is 25.9 Å². The zero-order valence-corrected chi connectivity index (χ0v) is 17.6. The summed E-state index contributed by atoms with van der Waals surface area (Å²) in [6.07, 6.45) is 0.953. The first kappa shape index (κ1) is 24.9. The number of rotatable bonds is 14. The standard InChI is InChI=1S/C18H29N2O8P/c1-3-26-29(24,27-4-2)28-15-10-8-14(9-11-15)13-25-18(23)20-12-6-5-7-16(19)17(21)22/h8-11,16H,3-7,12-13,19H2,1-2H3,(H,20,23)(H,21,22)/t16-/m0/s1. The van der Waals surface area contributed by atoms with Gasteiger partial charge in [0, 0.05) is 6.54 Å². The lowest BCUT2D eigenvalue weighted by atomic mass is 10.1.